The molecule has 2 rings (SSSR count). The van der Waals surface area contributed by atoms with E-state index >= 15 is 0 Å². The van der Waals surface area contributed by atoms with Crippen molar-refractivity contribution in [2.45, 2.75) is 13.3 Å². The van der Waals surface area contributed by atoms with Crippen LogP contribution in [0, 0.1) is 0 Å². The lowest BCUT2D eigenvalue weighted by atomic mass is 10.2. The Labute approximate surface area is 82.1 Å². The van der Waals surface area contributed by atoms with Crippen LogP contribution in [0.2, 0.25) is 0 Å². The molecule has 0 aliphatic rings. The van der Waals surface area contributed by atoms with Gasteiger partial charge in [-0.2, -0.15) is 0 Å². The molecule has 1 heterocycles. The number of fused-ring (bicyclic) bond motifs is 1. The Bertz CT molecular complexity index is 485. The second kappa shape index (κ2) is 3.18. The van der Waals surface area contributed by atoms with Crippen molar-refractivity contribution < 1.29 is 4.79 Å². The van der Waals surface area contributed by atoms with Crippen molar-refractivity contribution in [2.24, 2.45) is 5.73 Å². The lowest BCUT2D eigenvalue weighted by Crippen LogP contribution is -2.21. The van der Waals surface area contributed by atoms with Gasteiger partial charge in [-0.25, -0.2) is 4.79 Å². The van der Waals surface area contributed by atoms with Gasteiger partial charge in [-0.15, -0.1) is 0 Å². The van der Waals surface area contributed by atoms with Crippen LogP contribution in [-0.4, -0.2) is 10.6 Å². The van der Waals surface area contributed by atoms with Crippen molar-refractivity contribution in [3.8, 4) is 0 Å². The molecule has 0 radical (unpaired) electrons. The summed E-state index contributed by atoms with van der Waals surface area (Å²) >= 11 is 0. The zero-order valence-corrected chi connectivity index (χ0v) is 8.03. The topological polar surface area (TPSA) is 48.0 Å². The number of hydrogen-bond donors (Lipinski definition) is 1. The van der Waals surface area contributed by atoms with E-state index in [1.807, 2.05) is 37.3 Å². The molecule has 3 nitrogen and oxygen atoms in total. The van der Waals surface area contributed by atoms with Crippen LogP contribution in [0.3, 0.4) is 0 Å². The Balaban J connectivity index is 2.81. The highest BCUT2D eigenvalue weighted by atomic mass is 16.2. The maximum atomic E-state index is 11.2. The lowest BCUT2D eigenvalue weighted by molar-refractivity contribution is 0.250. The van der Waals surface area contributed by atoms with Gasteiger partial charge in [0.2, 0.25) is 0 Å². The molecule has 0 bridgehead atoms. The number of amides is 1. The summed E-state index contributed by atoms with van der Waals surface area (Å²) in [5.41, 5.74) is 7.17. The molecule has 2 aromatic rings. The zero-order chi connectivity index (χ0) is 10.1. The molecule has 1 amide bonds. The molecule has 0 saturated carbocycles. The Morgan fingerprint density at radius 3 is 2.79 bits per heavy atom. The molecule has 0 unspecified atom stereocenters. The molecule has 1 aromatic carbocycles. The molecule has 0 aliphatic carbocycles. The number of rotatable bonds is 1. The van der Waals surface area contributed by atoms with Gasteiger partial charge >= 0.3 is 6.03 Å². The number of nitrogens with two attached hydrogens (primary N) is 1. The number of carbonyl (C=O) groups excluding carboxylic acids is 1. The van der Waals surface area contributed by atoms with Gasteiger partial charge in [0.25, 0.3) is 0 Å². The van der Waals surface area contributed by atoms with E-state index in [-0.39, 0.29) is 0 Å². The molecule has 0 aliphatic heterocycles. The highest BCUT2D eigenvalue weighted by molar-refractivity contribution is 5.92. The lowest BCUT2D eigenvalue weighted by Gasteiger charge is -2.02. The smallest absolute Gasteiger partial charge is 0.323 e. The van der Waals surface area contributed by atoms with E-state index in [9.17, 15) is 4.79 Å². The van der Waals surface area contributed by atoms with Crippen molar-refractivity contribution in [3.05, 3.63) is 36.0 Å². The van der Waals surface area contributed by atoms with E-state index in [2.05, 4.69) is 0 Å². The van der Waals surface area contributed by atoms with E-state index in [0.717, 1.165) is 23.0 Å². The Morgan fingerprint density at radius 1 is 1.43 bits per heavy atom. The second-order valence-electron chi connectivity index (χ2n) is 3.22. The van der Waals surface area contributed by atoms with Gasteiger partial charge in [0.05, 0.1) is 5.52 Å². The average molecular weight is 188 g/mol. The first-order valence-corrected chi connectivity index (χ1v) is 4.63. The molecule has 14 heavy (non-hydrogen) atoms. The zero-order valence-electron chi connectivity index (χ0n) is 8.03. The monoisotopic (exact) mass is 188 g/mol. The summed E-state index contributed by atoms with van der Waals surface area (Å²) in [6.45, 7) is 2.01. The number of aromatic nitrogens is 1. The predicted molar refractivity (Wildman–Crippen MR) is 56.3 cm³/mol. The summed E-state index contributed by atoms with van der Waals surface area (Å²) in [5.74, 6) is 0. The number of aryl methyl sites for hydroxylation is 1. The molecule has 72 valence electrons. The fourth-order valence-electron chi connectivity index (χ4n) is 1.73. The normalized spacial score (nSPS) is 10.6. The fourth-order valence-corrected chi connectivity index (χ4v) is 1.73. The van der Waals surface area contributed by atoms with Crippen molar-refractivity contribution in [2.75, 3.05) is 0 Å². The number of nitrogens with zero attached hydrogens (tertiary/aromatic N) is 1. The number of hydrogen-bond acceptors (Lipinski definition) is 1. The van der Waals surface area contributed by atoms with Gasteiger partial charge in [-0.1, -0.05) is 25.1 Å². The Hall–Kier alpha value is -1.77. The maximum absolute atomic E-state index is 11.2. The van der Waals surface area contributed by atoms with Crippen LogP contribution < -0.4 is 5.73 Å². The summed E-state index contributed by atoms with van der Waals surface area (Å²) in [5, 5.41) is 1.06. The van der Waals surface area contributed by atoms with E-state index in [0.29, 0.717) is 0 Å². The van der Waals surface area contributed by atoms with E-state index in [4.69, 9.17) is 5.73 Å². The van der Waals surface area contributed by atoms with Gasteiger partial charge in [-0.3, -0.25) is 4.57 Å². The molecule has 0 atom stereocenters. The summed E-state index contributed by atoms with van der Waals surface area (Å²) < 4.78 is 1.56. The largest absolute Gasteiger partial charge is 0.351 e. The van der Waals surface area contributed by atoms with E-state index in [1.54, 1.807) is 4.57 Å². The maximum Gasteiger partial charge on any atom is 0.323 e. The molecule has 2 N–H and O–H groups in total. The highest BCUT2D eigenvalue weighted by Crippen LogP contribution is 2.19. The first-order chi connectivity index (χ1) is 6.74. The van der Waals surface area contributed by atoms with E-state index in [1.165, 1.54) is 0 Å². The quantitative estimate of drug-likeness (QED) is 0.732. The molecule has 0 fully saturated rings. The van der Waals surface area contributed by atoms with Crippen LogP contribution in [0.4, 0.5) is 4.79 Å². The van der Waals surface area contributed by atoms with Crippen LogP contribution in [0.1, 0.15) is 12.6 Å². The summed E-state index contributed by atoms with van der Waals surface area (Å²) in [6.07, 6.45) is 0.803. The van der Waals surface area contributed by atoms with Crippen molar-refractivity contribution >= 4 is 16.9 Å². The van der Waals surface area contributed by atoms with Crippen LogP contribution in [0.5, 0.6) is 0 Å². The van der Waals surface area contributed by atoms with Crippen LogP contribution in [0.25, 0.3) is 10.9 Å². The minimum Gasteiger partial charge on any atom is -0.351 e. The van der Waals surface area contributed by atoms with Gasteiger partial charge in [0, 0.05) is 11.1 Å². The third-order valence-electron chi connectivity index (χ3n) is 2.37. The van der Waals surface area contributed by atoms with Gasteiger partial charge in [0.1, 0.15) is 0 Å². The van der Waals surface area contributed by atoms with Gasteiger partial charge in [0.15, 0.2) is 0 Å². The predicted octanol–water partition coefficient (Wildman–Crippen LogP) is 2.13. The van der Waals surface area contributed by atoms with Crippen molar-refractivity contribution in [3.63, 3.8) is 0 Å². The van der Waals surface area contributed by atoms with Crippen LogP contribution >= 0.6 is 0 Å². The molecule has 0 saturated heterocycles. The number of para-hydroxylation sites is 1. The van der Waals surface area contributed by atoms with Crippen LogP contribution in [0.15, 0.2) is 30.3 Å². The minimum absolute atomic E-state index is 0.414. The summed E-state index contributed by atoms with van der Waals surface area (Å²) in [7, 11) is 0. The third-order valence-corrected chi connectivity index (χ3v) is 2.37. The van der Waals surface area contributed by atoms with Crippen molar-refractivity contribution in [1.29, 1.82) is 0 Å². The number of primary amides is 1. The average Bonchev–Trinajstić information content (AvgIpc) is 2.55. The fraction of sp³-hybridized carbons (Fsp3) is 0.182. The molecule has 1 aromatic heterocycles. The minimum atomic E-state index is -0.414. The van der Waals surface area contributed by atoms with Gasteiger partial charge in [-0.05, 0) is 18.6 Å². The Morgan fingerprint density at radius 2 is 2.14 bits per heavy atom. The first-order valence-electron chi connectivity index (χ1n) is 4.63. The Kier molecular flexibility index (Phi) is 2.00. The standard InChI is InChI=1S/C11H12N2O/c1-2-9-7-8-5-3-4-6-10(8)13(9)11(12)14/h3-7H,2H2,1H3,(H2,12,14). The van der Waals surface area contributed by atoms with Gasteiger partial charge < -0.3 is 5.73 Å². The first kappa shape index (κ1) is 8.81. The third kappa shape index (κ3) is 1.18. The molecular formula is C11H12N2O. The number of carbonyl (C=O) groups is 1. The number of benzene rings is 1. The summed E-state index contributed by atoms with van der Waals surface area (Å²) in [4.78, 5) is 11.2. The molecule has 3 heteroatoms. The second-order valence-corrected chi connectivity index (χ2v) is 3.22. The highest BCUT2D eigenvalue weighted by Gasteiger charge is 2.09. The SMILES string of the molecule is CCc1cc2ccccc2n1C(N)=O. The molecular weight excluding hydrogens is 176 g/mol. The molecule has 0 spiro atoms. The summed E-state index contributed by atoms with van der Waals surface area (Å²) in [6, 6.07) is 9.32. The van der Waals surface area contributed by atoms with Crippen LogP contribution in [-0.2, 0) is 6.42 Å². The van der Waals surface area contributed by atoms with E-state index < -0.39 is 6.03 Å². The van der Waals surface area contributed by atoms with Crippen molar-refractivity contribution in [1.82, 2.24) is 4.57 Å².